The largest absolute Gasteiger partial charge is 0.506 e. The third-order valence-electron chi connectivity index (χ3n) is 3.16. The predicted octanol–water partition coefficient (Wildman–Crippen LogP) is 3.02. The van der Waals surface area contributed by atoms with Gasteiger partial charge in [-0.1, -0.05) is 11.6 Å². The van der Waals surface area contributed by atoms with E-state index in [0.717, 1.165) is 5.69 Å². The molecule has 0 radical (unpaired) electrons. The molecule has 0 aliphatic heterocycles. The van der Waals surface area contributed by atoms with Crippen LogP contribution in [0.2, 0.25) is 5.02 Å². The Morgan fingerprint density at radius 1 is 1.43 bits per heavy atom. The summed E-state index contributed by atoms with van der Waals surface area (Å²) in [6, 6.07) is 7.96. The Labute approximate surface area is 137 Å². The number of imidazole rings is 1. The van der Waals surface area contributed by atoms with Gasteiger partial charge in [0, 0.05) is 17.4 Å². The molecule has 2 aromatic heterocycles. The number of hydrogen-bond donors (Lipinski definition) is 2. The van der Waals surface area contributed by atoms with Gasteiger partial charge in [0.25, 0.3) is 5.91 Å². The van der Waals surface area contributed by atoms with Crippen molar-refractivity contribution in [2.75, 3.05) is 11.9 Å². The molecule has 0 fully saturated rings. The maximum absolute atomic E-state index is 12.0. The number of phenolic OH excluding ortho intramolecular Hbond substituents is 1. The average Bonchev–Trinajstić information content (AvgIpc) is 2.89. The van der Waals surface area contributed by atoms with Crippen LogP contribution < -0.4 is 10.1 Å². The summed E-state index contributed by atoms with van der Waals surface area (Å²) in [6.45, 7) is 1.67. The number of benzene rings is 1. The number of rotatable bonds is 4. The first kappa shape index (κ1) is 15.2. The Balaban J connectivity index is 1.70. The quantitative estimate of drug-likeness (QED) is 0.720. The number of aryl methyl sites for hydroxylation is 1. The fraction of sp³-hybridized carbons (Fsp3) is 0.125. The number of ether oxygens (including phenoxy) is 1. The van der Waals surface area contributed by atoms with Gasteiger partial charge in [0.15, 0.2) is 18.0 Å². The van der Waals surface area contributed by atoms with Crippen molar-refractivity contribution in [3.8, 4) is 11.5 Å². The normalized spacial score (nSPS) is 10.7. The molecule has 0 bridgehead atoms. The van der Waals surface area contributed by atoms with E-state index in [1.54, 1.807) is 6.07 Å². The minimum absolute atomic E-state index is 0.0614. The molecule has 0 saturated heterocycles. The number of aromatic hydroxyl groups is 1. The van der Waals surface area contributed by atoms with Gasteiger partial charge in [-0.05, 0) is 37.3 Å². The number of hydrogen-bond acceptors (Lipinski definition) is 4. The van der Waals surface area contributed by atoms with Crippen molar-refractivity contribution in [1.82, 2.24) is 9.38 Å². The van der Waals surface area contributed by atoms with E-state index in [0.29, 0.717) is 16.4 Å². The number of nitrogens with zero attached hydrogens (tertiary/aromatic N) is 2. The summed E-state index contributed by atoms with van der Waals surface area (Å²) >= 11 is 5.84. The topological polar surface area (TPSA) is 75.9 Å². The van der Waals surface area contributed by atoms with Gasteiger partial charge in [0.1, 0.15) is 5.75 Å². The van der Waals surface area contributed by atoms with E-state index in [4.69, 9.17) is 16.3 Å². The molecule has 1 aromatic carbocycles. The molecule has 2 heterocycles. The number of aromatic nitrogens is 2. The number of anilines is 1. The summed E-state index contributed by atoms with van der Waals surface area (Å²) in [5, 5.41) is 12.6. The molecule has 1 amide bonds. The van der Waals surface area contributed by atoms with E-state index in [2.05, 4.69) is 10.3 Å². The first-order valence-electron chi connectivity index (χ1n) is 6.88. The smallest absolute Gasteiger partial charge is 0.262 e. The van der Waals surface area contributed by atoms with Gasteiger partial charge in [-0.3, -0.25) is 4.79 Å². The lowest BCUT2D eigenvalue weighted by molar-refractivity contribution is -0.118. The number of pyridine rings is 1. The molecule has 0 saturated carbocycles. The van der Waals surface area contributed by atoms with E-state index in [1.165, 1.54) is 18.2 Å². The second kappa shape index (κ2) is 6.18. The van der Waals surface area contributed by atoms with Crippen LogP contribution in [-0.4, -0.2) is 27.0 Å². The van der Waals surface area contributed by atoms with Crippen LogP contribution >= 0.6 is 11.6 Å². The molecular weight excluding hydrogens is 318 g/mol. The van der Waals surface area contributed by atoms with Crippen LogP contribution in [0.4, 0.5) is 5.69 Å². The van der Waals surface area contributed by atoms with Gasteiger partial charge in [0.05, 0.1) is 11.4 Å². The second-order valence-electron chi connectivity index (χ2n) is 4.98. The monoisotopic (exact) mass is 331 g/mol. The van der Waals surface area contributed by atoms with E-state index in [-0.39, 0.29) is 18.0 Å². The maximum Gasteiger partial charge on any atom is 0.262 e. The summed E-state index contributed by atoms with van der Waals surface area (Å²) in [4.78, 5) is 16.3. The summed E-state index contributed by atoms with van der Waals surface area (Å²) < 4.78 is 7.35. The van der Waals surface area contributed by atoms with Crippen molar-refractivity contribution < 1.29 is 14.6 Å². The summed E-state index contributed by atoms with van der Waals surface area (Å²) in [7, 11) is 0. The Bertz CT molecular complexity index is 876. The number of carbonyl (C=O) groups excluding carboxylic acids is 1. The lowest BCUT2D eigenvalue weighted by Crippen LogP contribution is -2.20. The second-order valence-corrected chi connectivity index (χ2v) is 5.42. The Morgan fingerprint density at radius 3 is 3.09 bits per heavy atom. The van der Waals surface area contributed by atoms with Crippen LogP contribution in [0.25, 0.3) is 5.65 Å². The van der Waals surface area contributed by atoms with Gasteiger partial charge >= 0.3 is 0 Å². The Morgan fingerprint density at radius 2 is 2.26 bits per heavy atom. The molecule has 0 aliphatic rings. The molecule has 2 N–H and O–H groups in total. The van der Waals surface area contributed by atoms with Gasteiger partial charge in [-0.25, -0.2) is 4.98 Å². The third-order valence-corrected chi connectivity index (χ3v) is 3.39. The standard InChI is InChI=1S/C16H14ClN3O3/c1-10-8-20-6-2-3-14(16(20)18-10)23-9-15(22)19-12-7-11(17)4-5-13(12)21/h2-8,21H,9H2,1H3,(H,19,22). The molecular formula is C16H14ClN3O3. The SMILES string of the molecule is Cc1cn2cccc(OCC(=O)Nc3cc(Cl)ccc3O)c2n1. The fourth-order valence-corrected chi connectivity index (χ4v) is 2.33. The highest BCUT2D eigenvalue weighted by Gasteiger charge is 2.10. The van der Waals surface area contributed by atoms with Crippen LogP contribution in [0.5, 0.6) is 11.5 Å². The molecule has 0 atom stereocenters. The average molecular weight is 332 g/mol. The molecule has 23 heavy (non-hydrogen) atoms. The molecule has 0 unspecified atom stereocenters. The lowest BCUT2D eigenvalue weighted by Gasteiger charge is -2.09. The number of nitrogens with one attached hydrogen (secondary N) is 1. The molecule has 7 heteroatoms. The fourth-order valence-electron chi connectivity index (χ4n) is 2.16. The number of carbonyl (C=O) groups is 1. The van der Waals surface area contributed by atoms with Crippen LogP contribution in [0.3, 0.4) is 0 Å². The van der Waals surface area contributed by atoms with Crippen molar-refractivity contribution in [3.63, 3.8) is 0 Å². The Hall–Kier alpha value is -2.73. The van der Waals surface area contributed by atoms with E-state index in [1.807, 2.05) is 29.8 Å². The highest BCUT2D eigenvalue weighted by atomic mass is 35.5. The van der Waals surface area contributed by atoms with Gasteiger partial charge in [0.2, 0.25) is 0 Å². The zero-order chi connectivity index (χ0) is 16.4. The van der Waals surface area contributed by atoms with Crippen molar-refractivity contribution in [2.45, 2.75) is 6.92 Å². The number of halogens is 1. The first-order valence-corrected chi connectivity index (χ1v) is 7.26. The van der Waals surface area contributed by atoms with Crippen molar-refractivity contribution in [2.24, 2.45) is 0 Å². The lowest BCUT2D eigenvalue weighted by atomic mass is 10.3. The van der Waals surface area contributed by atoms with Crippen molar-refractivity contribution in [3.05, 3.63) is 53.4 Å². The zero-order valence-corrected chi connectivity index (χ0v) is 13.0. The minimum Gasteiger partial charge on any atom is -0.506 e. The van der Waals surface area contributed by atoms with E-state index >= 15 is 0 Å². The first-order chi connectivity index (χ1) is 11.0. The highest BCUT2D eigenvalue weighted by Crippen LogP contribution is 2.26. The molecule has 0 aliphatic carbocycles. The Kier molecular flexibility index (Phi) is 4.08. The zero-order valence-electron chi connectivity index (χ0n) is 12.3. The number of phenols is 1. The van der Waals surface area contributed by atoms with E-state index < -0.39 is 5.91 Å². The maximum atomic E-state index is 12.0. The van der Waals surface area contributed by atoms with Crippen LogP contribution in [0, 0.1) is 6.92 Å². The van der Waals surface area contributed by atoms with Crippen LogP contribution in [0.1, 0.15) is 5.69 Å². The minimum atomic E-state index is -0.409. The van der Waals surface area contributed by atoms with Crippen molar-refractivity contribution >= 4 is 28.8 Å². The molecule has 6 nitrogen and oxygen atoms in total. The number of amides is 1. The third kappa shape index (κ3) is 3.37. The summed E-state index contributed by atoms with van der Waals surface area (Å²) in [5.74, 6) is 0.0349. The van der Waals surface area contributed by atoms with Gasteiger partial charge in [-0.15, -0.1) is 0 Å². The van der Waals surface area contributed by atoms with E-state index in [9.17, 15) is 9.90 Å². The van der Waals surface area contributed by atoms with Gasteiger partial charge in [-0.2, -0.15) is 0 Å². The molecule has 118 valence electrons. The summed E-state index contributed by atoms with van der Waals surface area (Å²) in [5.41, 5.74) is 1.73. The summed E-state index contributed by atoms with van der Waals surface area (Å²) in [6.07, 6.45) is 3.72. The molecule has 3 rings (SSSR count). The van der Waals surface area contributed by atoms with Gasteiger partial charge < -0.3 is 19.6 Å². The number of fused-ring (bicyclic) bond motifs is 1. The molecule has 3 aromatic rings. The van der Waals surface area contributed by atoms with Crippen LogP contribution in [0.15, 0.2) is 42.7 Å². The van der Waals surface area contributed by atoms with Crippen molar-refractivity contribution in [1.29, 1.82) is 0 Å². The van der Waals surface area contributed by atoms with Crippen LogP contribution in [-0.2, 0) is 4.79 Å². The molecule has 0 spiro atoms. The predicted molar refractivity (Wildman–Crippen MR) is 87.2 cm³/mol. The highest BCUT2D eigenvalue weighted by molar-refractivity contribution is 6.31.